The van der Waals surface area contributed by atoms with Gasteiger partial charge in [-0.05, 0) is 67.1 Å². The van der Waals surface area contributed by atoms with Crippen molar-refractivity contribution in [2.24, 2.45) is 35.0 Å². The smallest absolute Gasteiger partial charge is 0.00274 e. The summed E-state index contributed by atoms with van der Waals surface area (Å²) in [6, 6.07) is 0. The van der Waals surface area contributed by atoms with Gasteiger partial charge in [-0.3, -0.25) is 0 Å². The molecule has 20 heavy (non-hydrogen) atoms. The van der Waals surface area contributed by atoms with Gasteiger partial charge in [-0.1, -0.05) is 59.6 Å². The molecule has 0 heterocycles. The molecule has 2 aliphatic carbocycles. The third-order valence-corrected chi connectivity index (χ3v) is 6.73. The highest BCUT2D eigenvalue weighted by Gasteiger charge is 2.51. The van der Waals surface area contributed by atoms with Gasteiger partial charge < -0.3 is 0 Å². The summed E-state index contributed by atoms with van der Waals surface area (Å²) < 4.78 is 0. The maximum absolute atomic E-state index is 2.47. The second-order valence-corrected chi connectivity index (χ2v) is 8.05. The lowest BCUT2D eigenvalue weighted by Crippen LogP contribution is -2.13. The second-order valence-electron chi connectivity index (χ2n) is 8.05. The average molecular weight is 277 g/mol. The fourth-order valence-electron chi connectivity index (χ4n) is 4.10. The SMILES string of the molecule is CCC(C)C(C)CCC1(CCC(C)C2C=C2)CC1CC. The maximum Gasteiger partial charge on any atom is -0.00274 e. The summed E-state index contributed by atoms with van der Waals surface area (Å²) in [5.41, 5.74) is 0.750. The molecular formula is C20H36. The van der Waals surface area contributed by atoms with Gasteiger partial charge in [-0.15, -0.1) is 0 Å². The van der Waals surface area contributed by atoms with Crippen LogP contribution in [-0.2, 0) is 0 Å². The molecule has 0 nitrogen and oxygen atoms in total. The Balaban J connectivity index is 1.77. The fourth-order valence-corrected chi connectivity index (χ4v) is 4.10. The normalized spacial score (nSPS) is 33.0. The van der Waals surface area contributed by atoms with E-state index in [0.717, 1.165) is 35.0 Å². The van der Waals surface area contributed by atoms with Crippen molar-refractivity contribution in [1.29, 1.82) is 0 Å². The average Bonchev–Trinajstić information content (AvgIpc) is 3.35. The molecule has 0 radical (unpaired) electrons. The molecule has 2 rings (SSSR count). The van der Waals surface area contributed by atoms with Gasteiger partial charge >= 0.3 is 0 Å². The molecule has 1 fully saturated rings. The van der Waals surface area contributed by atoms with Crippen LogP contribution in [-0.4, -0.2) is 0 Å². The van der Waals surface area contributed by atoms with Gasteiger partial charge in [0.2, 0.25) is 0 Å². The standard InChI is InChI=1S/C20H36/c1-6-15(3)16(4)10-12-20(14-19(20)7-2)13-11-17(5)18-8-9-18/h8-9,15-19H,6-7,10-14H2,1-5H3. The molecule has 5 unspecified atom stereocenters. The minimum atomic E-state index is 0.750. The summed E-state index contributed by atoms with van der Waals surface area (Å²) >= 11 is 0. The van der Waals surface area contributed by atoms with Crippen molar-refractivity contribution in [2.45, 2.75) is 79.6 Å². The Morgan fingerprint density at radius 3 is 2.15 bits per heavy atom. The summed E-state index contributed by atoms with van der Waals surface area (Å²) in [4.78, 5) is 0. The second kappa shape index (κ2) is 6.67. The predicted octanol–water partition coefficient (Wildman–Crippen LogP) is 6.47. The molecular weight excluding hydrogens is 240 g/mol. The van der Waals surface area contributed by atoms with Crippen LogP contribution < -0.4 is 0 Å². The molecule has 1 saturated carbocycles. The van der Waals surface area contributed by atoms with Gasteiger partial charge in [0, 0.05) is 0 Å². The van der Waals surface area contributed by atoms with Gasteiger partial charge in [0.25, 0.3) is 0 Å². The Morgan fingerprint density at radius 1 is 1.00 bits per heavy atom. The number of rotatable bonds is 10. The zero-order chi connectivity index (χ0) is 14.8. The number of allylic oxidation sites excluding steroid dienone is 2. The molecule has 0 N–H and O–H groups in total. The number of hydrogen-bond acceptors (Lipinski definition) is 0. The molecule has 0 saturated heterocycles. The molecule has 0 heteroatoms. The molecule has 2 aliphatic rings. The Bertz CT molecular complexity index is 323. The van der Waals surface area contributed by atoms with Gasteiger partial charge in [0.15, 0.2) is 0 Å². The third-order valence-electron chi connectivity index (χ3n) is 6.73. The van der Waals surface area contributed by atoms with E-state index in [2.05, 4.69) is 46.8 Å². The van der Waals surface area contributed by atoms with E-state index in [1.54, 1.807) is 0 Å². The first-order valence-electron chi connectivity index (χ1n) is 9.20. The highest BCUT2D eigenvalue weighted by atomic mass is 14.6. The van der Waals surface area contributed by atoms with Crippen LogP contribution in [0.4, 0.5) is 0 Å². The van der Waals surface area contributed by atoms with Gasteiger partial charge in [0.1, 0.15) is 0 Å². The molecule has 5 atom stereocenters. The van der Waals surface area contributed by atoms with Crippen LogP contribution in [0.5, 0.6) is 0 Å². The summed E-state index contributed by atoms with van der Waals surface area (Å²) in [7, 11) is 0. The Hall–Kier alpha value is -0.260. The van der Waals surface area contributed by atoms with E-state index in [0.29, 0.717) is 0 Å². The fraction of sp³-hybridized carbons (Fsp3) is 0.900. The lowest BCUT2D eigenvalue weighted by molar-refractivity contribution is 0.271. The van der Waals surface area contributed by atoms with E-state index in [-0.39, 0.29) is 0 Å². The summed E-state index contributed by atoms with van der Waals surface area (Å²) in [5.74, 6) is 4.62. The zero-order valence-corrected chi connectivity index (χ0v) is 14.5. The summed E-state index contributed by atoms with van der Waals surface area (Å²) in [6.07, 6.45) is 15.0. The van der Waals surface area contributed by atoms with Gasteiger partial charge in [0.05, 0.1) is 0 Å². The van der Waals surface area contributed by atoms with Crippen molar-refractivity contribution in [3.05, 3.63) is 12.2 Å². The Kier molecular flexibility index (Phi) is 5.37. The lowest BCUT2D eigenvalue weighted by atomic mass is 9.81. The molecule has 116 valence electrons. The van der Waals surface area contributed by atoms with E-state index in [9.17, 15) is 0 Å². The van der Waals surface area contributed by atoms with E-state index >= 15 is 0 Å². The van der Waals surface area contributed by atoms with Crippen molar-refractivity contribution >= 4 is 0 Å². The Labute approximate surface area is 127 Å². The predicted molar refractivity (Wildman–Crippen MR) is 89.7 cm³/mol. The largest absolute Gasteiger partial charge is 0.0808 e. The van der Waals surface area contributed by atoms with Crippen molar-refractivity contribution in [2.75, 3.05) is 0 Å². The van der Waals surface area contributed by atoms with Crippen LogP contribution in [0.25, 0.3) is 0 Å². The molecule has 0 aromatic heterocycles. The molecule has 0 amide bonds. The Morgan fingerprint density at radius 2 is 1.65 bits per heavy atom. The van der Waals surface area contributed by atoms with Gasteiger partial charge in [-0.25, -0.2) is 0 Å². The molecule has 0 aromatic carbocycles. The van der Waals surface area contributed by atoms with E-state index in [1.807, 2.05) is 0 Å². The maximum atomic E-state index is 2.47. The highest BCUT2D eigenvalue weighted by molar-refractivity contribution is 5.15. The minimum absolute atomic E-state index is 0.750. The van der Waals surface area contributed by atoms with Gasteiger partial charge in [-0.2, -0.15) is 0 Å². The van der Waals surface area contributed by atoms with Crippen molar-refractivity contribution in [3.8, 4) is 0 Å². The topological polar surface area (TPSA) is 0 Å². The molecule has 0 aliphatic heterocycles. The summed E-state index contributed by atoms with van der Waals surface area (Å²) in [5, 5.41) is 0. The van der Waals surface area contributed by atoms with Crippen molar-refractivity contribution < 1.29 is 0 Å². The number of hydrogen-bond donors (Lipinski definition) is 0. The van der Waals surface area contributed by atoms with Crippen LogP contribution in [0.15, 0.2) is 12.2 Å². The van der Waals surface area contributed by atoms with Crippen LogP contribution >= 0.6 is 0 Å². The van der Waals surface area contributed by atoms with Crippen LogP contribution in [0.1, 0.15) is 79.6 Å². The first kappa shape index (κ1) is 16.1. The first-order chi connectivity index (χ1) is 9.52. The summed E-state index contributed by atoms with van der Waals surface area (Å²) in [6.45, 7) is 12.1. The van der Waals surface area contributed by atoms with Crippen molar-refractivity contribution in [1.82, 2.24) is 0 Å². The van der Waals surface area contributed by atoms with Crippen LogP contribution in [0.2, 0.25) is 0 Å². The van der Waals surface area contributed by atoms with E-state index in [1.165, 1.54) is 44.9 Å². The molecule has 0 spiro atoms. The molecule has 0 bridgehead atoms. The quantitative estimate of drug-likeness (QED) is 0.401. The van der Waals surface area contributed by atoms with Crippen LogP contribution in [0.3, 0.4) is 0 Å². The lowest BCUT2D eigenvalue weighted by Gasteiger charge is -2.24. The zero-order valence-electron chi connectivity index (χ0n) is 14.5. The van der Waals surface area contributed by atoms with Crippen molar-refractivity contribution in [3.63, 3.8) is 0 Å². The van der Waals surface area contributed by atoms with E-state index < -0.39 is 0 Å². The molecule has 0 aromatic rings. The monoisotopic (exact) mass is 276 g/mol. The first-order valence-corrected chi connectivity index (χ1v) is 9.20. The van der Waals surface area contributed by atoms with Crippen LogP contribution in [0, 0.1) is 35.0 Å². The third kappa shape index (κ3) is 3.89. The minimum Gasteiger partial charge on any atom is -0.0808 e. The highest BCUT2D eigenvalue weighted by Crippen LogP contribution is 2.61. The van der Waals surface area contributed by atoms with E-state index in [4.69, 9.17) is 0 Å².